The third-order valence-electron chi connectivity index (χ3n) is 5.08. The number of hydrogen-bond donors (Lipinski definition) is 2. The van der Waals surface area contributed by atoms with E-state index in [-0.39, 0.29) is 11.9 Å². The molecule has 0 amide bonds. The summed E-state index contributed by atoms with van der Waals surface area (Å²) in [7, 11) is 0. The number of fused-ring (bicyclic) bond motifs is 1. The van der Waals surface area contributed by atoms with Crippen LogP contribution in [0, 0.1) is 0 Å². The lowest BCUT2D eigenvalue weighted by molar-refractivity contribution is -0.376. The number of rotatable bonds is 5. The first-order valence-electron chi connectivity index (χ1n) is 9.11. The van der Waals surface area contributed by atoms with Crippen molar-refractivity contribution >= 4 is 10.9 Å². The van der Waals surface area contributed by atoms with E-state index in [1.54, 1.807) is 29.7 Å². The summed E-state index contributed by atoms with van der Waals surface area (Å²) in [6.45, 7) is 1.96. The molecule has 162 valence electrons. The van der Waals surface area contributed by atoms with Crippen LogP contribution < -0.4 is 0 Å². The first kappa shape index (κ1) is 22.2. The molecule has 3 nitrogen and oxygen atoms in total. The molecule has 0 radical (unpaired) electrons. The average Bonchev–Trinajstić information content (AvgIpc) is 3.03. The highest BCUT2D eigenvalue weighted by Crippen LogP contribution is 2.50. The van der Waals surface area contributed by atoms with E-state index in [2.05, 4.69) is 0 Å². The quantitative estimate of drug-likeness (QED) is 0.528. The minimum absolute atomic E-state index is 0.0536. The van der Waals surface area contributed by atoms with Crippen molar-refractivity contribution in [3.8, 4) is 0 Å². The van der Waals surface area contributed by atoms with Crippen molar-refractivity contribution in [2.45, 2.75) is 43.9 Å². The third kappa shape index (κ3) is 3.67. The van der Waals surface area contributed by atoms with E-state index in [4.69, 9.17) is 0 Å². The van der Waals surface area contributed by atoms with Crippen LogP contribution in [0.1, 0.15) is 36.3 Å². The van der Waals surface area contributed by atoms with Crippen LogP contribution in [-0.4, -0.2) is 27.1 Å². The molecule has 3 rings (SSSR count). The minimum Gasteiger partial charge on any atom is -0.387 e. The zero-order valence-corrected chi connectivity index (χ0v) is 15.8. The molecule has 1 atom stereocenters. The lowest BCUT2D eigenvalue weighted by Gasteiger charge is -2.32. The summed E-state index contributed by atoms with van der Waals surface area (Å²) in [6, 6.07) is 12.8. The fourth-order valence-electron chi connectivity index (χ4n) is 3.43. The number of alkyl halides is 6. The fourth-order valence-corrected chi connectivity index (χ4v) is 3.43. The predicted octanol–water partition coefficient (Wildman–Crippen LogP) is 5.45. The van der Waals surface area contributed by atoms with Crippen LogP contribution in [0.25, 0.3) is 10.9 Å². The van der Waals surface area contributed by atoms with Crippen molar-refractivity contribution in [2.24, 2.45) is 0 Å². The molecule has 0 bridgehead atoms. The van der Waals surface area contributed by atoms with Crippen LogP contribution >= 0.6 is 0 Å². The maximum atomic E-state index is 13.2. The van der Waals surface area contributed by atoms with Crippen LogP contribution in [0.15, 0.2) is 54.6 Å². The highest BCUT2D eigenvalue weighted by molar-refractivity contribution is 5.82. The van der Waals surface area contributed by atoms with Gasteiger partial charge in [0.2, 0.25) is 0 Å². The van der Waals surface area contributed by atoms with Gasteiger partial charge < -0.3 is 14.8 Å². The average molecular weight is 431 g/mol. The number of aromatic nitrogens is 1. The summed E-state index contributed by atoms with van der Waals surface area (Å²) in [5, 5.41) is 20.1. The molecule has 0 fully saturated rings. The molecule has 0 saturated heterocycles. The number of benzene rings is 2. The van der Waals surface area contributed by atoms with Gasteiger partial charge in [-0.3, -0.25) is 0 Å². The number of aliphatic hydroxyl groups is 2. The molecule has 0 spiro atoms. The van der Waals surface area contributed by atoms with Crippen molar-refractivity contribution in [1.82, 2.24) is 4.57 Å². The SMILES string of the molecule is CCC(O)c1cc2cc(C(O)(C(F)(F)F)C(F)(F)F)ccc2n1Cc1ccccc1. The Labute approximate surface area is 168 Å². The Hall–Kier alpha value is -2.52. The second kappa shape index (κ2) is 7.63. The summed E-state index contributed by atoms with van der Waals surface area (Å²) >= 11 is 0. The van der Waals surface area contributed by atoms with E-state index in [1.807, 2.05) is 12.1 Å². The molecule has 3 aromatic rings. The standard InChI is InChI=1S/C21H19F6NO2/c1-2-18(29)17-11-14-10-15(19(30,20(22,23)24)21(25,26)27)8-9-16(14)28(17)12-13-6-4-3-5-7-13/h3-11,18,29-30H,2,12H2,1H3. The van der Waals surface area contributed by atoms with E-state index >= 15 is 0 Å². The molecule has 1 heterocycles. The molecule has 9 heteroatoms. The van der Waals surface area contributed by atoms with Crippen LogP contribution in [-0.2, 0) is 12.1 Å². The van der Waals surface area contributed by atoms with Gasteiger partial charge in [0.15, 0.2) is 0 Å². The van der Waals surface area contributed by atoms with Crippen molar-refractivity contribution in [1.29, 1.82) is 0 Å². The van der Waals surface area contributed by atoms with Crippen molar-refractivity contribution in [2.75, 3.05) is 0 Å². The second-order valence-corrected chi connectivity index (χ2v) is 7.04. The zero-order valence-electron chi connectivity index (χ0n) is 15.8. The van der Waals surface area contributed by atoms with Gasteiger partial charge in [-0.25, -0.2) is 0 Å². The normalized spacial score (nSPS) is 14.3. The largest absolute Gasteiger partial charge is 0.430 e. The summed E-state index contributed by atoms with van der Waals surface area (Å²) in [6.07, 6.45) is -12.6. The van der Waals surface area contributed by atoms with Gasteiger partial charge in [0, 0.05) is 28.7 Å². The Morgan fingerprint density at radius 1 is 0.900 bits per heavy atom. The smallest absolute Gasteiger partial charge is 0.387 e. The van der Waals surface area contributed by atoms with Crippen LogP contribution in [0.2, 0.25) is 0 Å². The minimum atomic E-state index is -5.96. The maximum Gasteiger partial charge on any atom is 0.430 e. The van der Waals surface area contributed by atoms with E-state index in [1.165, 1.54) is 6.07 Å². The van der Waals surface area contributed by atoms with Gasteiger partial charge in [0.1, 0.15) is 0 Å². The van der Waals surface area contributed by atoms with Gasteiger partial charge in [0.25, 0.3) is 5.60 Å². The van der Waals surface area contributed by atoms with Gasteiger partial charge in [-0.1, -0.05) is 43.3 Å². The van der Waals surface area contributed by atoms with Crippen LogP contribution in [0.3, 0.4) is 0 Å². The fraction of sp³-hybridized carbons (Fsp3) is 0.333. The Morgan fingerprint density at radius 2 is 1.50 bits per heavy atom. The topological polar surface area (TPSA) is 45.4 Å². The summed E-state index contributed by atoms with van der Waals surface area (Å²) in [5.74, 6) is 0. The van der Waals surface area contributed by atoms with Crippen LogP contribution in [0.5, 0.6) is 0 Å². The molecule has 1 unspecified atom stereocenters. The first-order chi connectivity index (χ1) is 13.9. The van der Waals surface area contributed by atoms with Crippen molar-refractivity contribution in [3.05, 3.63) is 71.4 Å². The molecule has 1 aromatic heterocycles. The molecular formula is C21H19F6NO2. The monoisotopic (exact) mass is 431 g/mol. The van der Waals surface area contributed by atoms with Gasteiger partial charge >= 0.3 is 12.4 Å². The Morgan fingerprint density at radius 3 is 2.03 bits per heavy atom. The summed E-state index contributed by atoms with van der Waals surface area (Å²) in [4.78, 5) is 0. The van der Waals surface area contributed by atoms with E-state index in [9.17, 15) is 36.6 Å². The summed E-state index contributed by atoms with van der Waals surface area (Å²) < 4.78 is 81.0. The van der Waals surface area contributed by atoms with E-state index in [0.29, 0.717) is 29.8 Å². The second-order valence-electron chi connectivity index (χ2n) is 7.04. The predicted molar refractivity (Wildman–Crippen MR) is 98.7 cm³/mol. The number of aliphatic hydroxyl groups excluding tert-OH is 1. The Kier molecular flexibility index (Phi) is 5.64. The molecule has 0 aliphatic heterocycles. The van der Waals surface area contributed by atoms with Gasteiger partial charge in [0.05, 0.1) is 6.10 Å². The Bertz CT molecular complexity index is 1010. The molecule has 0 aliphatic rings. The highest BCUT2D eigenvalue weighted by atomic mass is 19.4. The summed E-state index contributed by atoms with van der Waals surface area (Å²) in [5.41, 5.74) is -4.79. The lowest BCUT2D eigenvalue weighted by atomic mass is 9.91. The van der Waals surface area contributed by atoms with Gasteiger partial charge in [-0.2, -0.15) is 26.3 Å². The van der Waals surface area contributed by atoms with E-state index in [0.717, 1.165) is 11.6 Å². The zero-order chi connectivity index (χ0) is 22.3. The van der Waals surface area contributed by atoms with Gasteiger partial charge in [-0.15, -0.1) is 0 Å². The van der Waals surface area contributed by atoms with E-state index < -0.39 is 29.6 Å². The molecule has 0 saturated carbocycles. The molecule has 2 N–H and O–H groups in total. The van der Waals surface area contributed by atoms with Crippen molar-refractivity contribution in [3.63, 3.8) is 0 Å². The molecule has 30 heavy (non-hydrogen) atoms. The molecule has 2 aromatic carbocycles. The van der Waals surface area contributed by atoms with Crippen molar-refractivity contribution < 1.29 is 36.6 Å². The number of halogens is 6. The molecule has 0 aliphatic carbocycles. The molecular weight excluding hydrogens is 412 g/mol. The maximum absolute atomic E-state index is 13.2. The van der Waals surface area contributed by atoms with Crippen LogP contribution in [0.4, 0.5) is 26.3 Å². The van der Waals surface area contributed by atoms with Gasteiger partial charge in [-0.05, 0) is 30.2 Å². The Balaban J connectivity index is 2.20. The number of nitrogens with zero attached hydrogens (tertiary/aromatic N) is 1. The highest BCUT2D eigenvalue weighted by Gasteiger charge is 2.71. The first-order valence-corrected chi connectivity index (χ1v) is 9.11. The third-order valence-corrected chi connectivity index (χ3v) is 5.08. The number of hydrogen-bond acceptors (Lipinski definition) is 2. The lowest BCUT2D eigenvalue weighted by Crippen LogP contribution is -2.53.